The van der Waals surface area contributed by atoms with Crippen molar-refractivity contribution in [3.8, 4) is 27.9 Å². The van der Waals surface area contributed by atoms with Gasteiger partial charge in [-0.15, -0.1) is 33.2 Å². The van der Waals surface area contributed by atoms with Gasteiger partial charge in [-0.3, -0.25) is 0 Å². The molecule has 246 valence electrons. The molecule has 0 fully saturated rings. The lowest BCUT2D eigenvalue weighted by atomic mass is 9.63. The maximum absolute atomic E-state index is 7.26. The van der Waals surface area contributed by atoms with Crippen LogP contribution in [0.15, 0.2) is 59.0 Å². The third kappa shape index (κ3) is 5.30. The van der Waals surface area contributed by atoms with Crippen LogP contribution in [0.25, 0.3) is 91.9 Å². The quantitative estimate of drug-likeness (QED) is 0.165. The first-order valence-electron chi connectivity index (χ1n) is 18.8. The van der Waals surface area contributed by atoms with Gasteiger partial charge in [0.25, 0.3) is 0 Å². The average Bonchev–Trinajstić information content (AvgIpc) is 3.94. The SMILES string of the molecule is [B]c1cc(-c2c([B])c(C)c([B])c3c2sc2c([B])c([B])c([B])c([B])c23)cc([B])c1-c1c([B])c([B])c2c(c1[B])c1c([B])c([B])c([B])c([B])c1n2-c1cccc2oc3ccccc3c12. The lowest BCUT2D eigenvalue weighted by molar-refractivity contribution is 0.669. The average molecular weight is 753 g/mol. The van der Waals surface area contributed by atoms with Crippen molar-refractivity contribution >= 4 is 275 Å². The Labute approximate surface area is 376 Å². The van der Waals surface area contributed by atoms with Crippen LogP contribution < -0.4 is 81.9 Å². The van der Waals surface area contributed by atoms with Crippen molar-refractivity contribution in [2.45, 2.75) is 6.92 Å². The summed E-state index contributed by atoms with van der Waals surface area (Å²) in [6.45, 7) is 1.81. The number of nitrogens with zero attached hydrogens (tertiary/aromatic N) is 1. The summed E-state index contributed by atoms with van der Waals surface area (Å²) in [5, 5.41) is 3.63. The zero-order valence-corrected chi connectivity index (χ0v) is 33.4. The lowest BCUT2D eigenvalue weighted by Gasteiger charge is -2.24. The minimum Gasteiger partial charge on any atom is -0.456 e. The molecule has 0 atom stereocenters. The van der Waals surface area contributed by atoms with E-state index >= 15 is 0 Å². The fourth-order valence-electron chi connectivity index (χ4n) is 9.05. The molecule has 0 aliphatic rings. The van der Waals surface area contributed by atoms with Crippen LogP contribution in [0.5, 0.6) is 0 Å². The Bertz CT molecular complexity index is 3660. The molecule has 0 aliphatic heterocycles. The minimum absolute atomic E-state index is 0.0774. The van der Waals surface area contributed by atoms with Gasteiger partial charge in [-0.2, -0.15) is 0 Å². The predicted octanol–water partition coefficient (Wildman–Crippen LogP) is -5.40. The smallest absolute Gasteiger partial charge is 0.137 e. The molecule has 0 spiro atoms. The number of para-hydroxylation sites is 1. The summed E-state index contributed by atoms with van der Waals surface area (Å²) in [5.74, 6) is 0. The Balaban J connectivity index is 1.29. The molecule has 0 saturated heterocycles. The summed E-state index contributed by atoms with van der Waals surface area (Å²) < 4.78 is 9.39. The molecular weight excluding hydrogens is 741 g/mol. The number of rotatable bonds is 3. The molecule has 3 heterocycles. The highest BCUT2D eigenvalue weighted by atomic mass is 32.1. The maximum Gasteiger partial charge on any atom is 0.137 e. The fourth-order valence-corrected chi connectivity index (χ4v) is 10.4. The second-order valence-electron chi connectivity index (χ2n) is 15.3. The van der Waals surface area contributed by atoms with Crippen molar-refractivity contribution < 1.29 is 4.42 Å². The molecule has 0 N–H and O–H groups in total. The molecule has 0 unspecified atom stereocenters. The van der Waals surface area contributed by atoms with Crippen LogP contribution >= 0.6 is 11.3 Å². The number of thiophene rings is 1. The summed E-state index contributed by atoms with van der Waals surface area (Å²) in [5.41, 5.74) is 8.07. The van der Waals surface area contributed by atoms with Crippen molar-refractivity contribution in [1.82, 2.24) is 4.57 Å². The van der Waals surface area contributed by atoms with Gasteiger partial charge in [0.15, 0.2) is 0 Å². The van der Waals surface area contributed by atoms with Gasteiger partial charge in [-0.1, -0.05) is 102 Å². The van der Waals surface area contributed by atoms with Gasteiger partial charge in [0.1, 0.15) is 129 Å². The minimum atomic E-state index is 0.0774. The molecule has 10 aromatic rings. The first kappa shape index (κ1) is 40.4. The molecule has 18 heteroatoms. The monoisotopic (exact) mass is 755 g/mol. The molecule has 61 heavy (non-hydrogen) atoms. The van der Waals surface area contributed by atoms with E-state index in [1.807, 2.05) is 54.0 Å². The molecule has 0 bridgehead atoms. The van der Waals surface area contributed by atoms with Gasteiger partial charge >= 0.3 is 0 Å². The Morgan fingerprint density at radius 1 is 0.426 bits per heavy atom. The number of furan rings is 1. The highest BCUT2D eigenvalue weighted by molar-refractivity contribution is 7.28. The molecule has 0 aliphatic carbocycles. The normalized spacial score (nSPS) is 12.0. The van der Waals surface area contributed by atoms with Crippen LogP contribution in [0.1, 0.15) is 5.56 Å². The summed E-state index contributed by atoms with van der Waals surface area (Å²) in [6.07, 6.45) is 0. The highest BCUT2D eigenvalue weighted by Crippen LogP contribution is 2.39. The lowest BCUT2D eigenvalue weighted by Crippen LogP contribution is -2.48. The molecule has 0 saturated carbocycles. The summed E-state index contributed by atoms with van der Waals surface area (Å²) in [6, 6.07) is 16.8. The van der Waals surface area contributed by atoms with Gasteiger partial charge in [-0.25, -0.2) is 0 Å². The second-order valence-corrected chi connectivity index (χ2v) is 16.3. The van der Waals surface area contributed by atoms with E-state index in [0.717, 1.165) is 10.8 Å². The van der Waals surface area contributed by atoms with Gasteiger partial charge in [0.2, 0.25) is 0 Å². The van der Waals surface area contributed by atoms with Crippen molar-refractivity contribution in [1.29, 1.82) is 0 Å². The van der Waals surface area contributed by atoms with Crippen LogP contribution in [0.2, 0.25) is 0 Å². The molecule has 10 rings (SSSR count). The third-order valence-electron chi connectivity index (χ3n) is 12.1. The maximum atomic E-state index is 7.26. The summed E-state index contributed by atoms with van der Waals surface area (Å²) in [4.78, 5) is 0. The molecule has 7 aromatic carbocycles. The van der Waals surface area contributed by atoms with Crippen LogP contribution in [-0.2, 0) is 0 Å². The summed E-state index contributed by atoms with van der Waals surface area (Å²) >= 11 is 1.32. The number of aromatic nitrogens is 1. The van der Waals surface area contributed by atoms with Crippen LogP contribution in [0.3, 0.4) is 0 Å². The zero-order valence-electron chi connectivity index (χ0n) is 32.6. The van der Waals surface area contributed by atoms with Crippen LogP contribution in [-0.4, -0.2) is 122 Å². The predicted molar refractivity (Wildman–Crippen MR) is 277 cm³/mol. The first-order valence-corrected chi connectivity index (χ1v) is 19.6. The van der Waals surface area contributed by atoms with Crippen molar-refractivity contribution in [3.63, 3.8) is 0 Å². The van der Waals surface area contributed by atoms with Crippen molar-refractivity contribution in [2.24, 2.45) is 0 Å². The number of benzene rings is 7. The summed E-state index contributed by atoms with van der Waals surface area (Å²) in [7, 11) is 101. The number of hydrogen-bond acceptors (Lipinski definition) is 2. The molecule has 30 radical (unpaired) electrons. The number of hydrogen-bond donors (Lipinski definition) is 0. The van der Waals surface area contributed by atoms with E-state index in [9.17, 15) is 0 Å². The highest BCUT2D eigenvalue weighted by Gasteiger charge is 2.27. The van der Waals surface area contributed by atoms with Gasteiger partial charge in [-0.05, 0) is 63.5 Å². The van der Waals surface area contributed by atoms with E-state index in [0.29, 0.717) is 92.0 Å². The zero-order chi connectivity index (χ0) is 43.4. The molecule has 0 amide bonds. The molecular formula is C43H12B15NOS. The van der Waals surface area contributed by atoms with Gasteiger partial charge < -0.3 is 8.98 Å². The Kier molecular flexibility index (Phi) is 9.22. The van der Waals surface area contributed by atoms with Crippen molar-refractivity contribution in [3.05, 3.63) is 60.2 Å². The fraction of sp³-hybridized carbons (Fsp3) is 0.0233. The Morgan fingerprint density at radius 2 is 0.967 bits per heavy atom. The third-order valence-corrected chi connectivity index (χ3v) is 13.4. The van der Waals surface area contributed by atoms with Gasteiger partial charge in [0.05, 0.1) is 11.1 Å². The van der Waals surface area contributed by atoms with Crippen molar-refractivity contribution in [2.75, 3.05) is 0 Å². The van der Waals surface area contributed by atoms with Crippen LogP contribution in [0.4, 0.5) is 0 Å². The van der Waals surface area contributed by atoms with E-state index in [1.165, 1.54) is 11.3 Å². The van der Waals surface area contributed by atoms with Gasteiger partial charge in [0, 0.05) is 31.2 Å². The van der Waals surface area contributed by atoms with E-state index in [2.05, 4.69) is 0 Å². The second kappa shape index (κ2) is 13.9. The van der Waals surface area contributed by atoms with Crippen LogP contribution in [0, 0.1) is 6.92 Å². The molecule has 3 aromatic heterocycles. The van der Waals surface area contributed by atoms with E-state index < -0.39 is 0 Å². The Morgan fingerprint density at radius 3 is 1.64 bits per heavy atom. The topological polar surface area (TPSA) is 18.1 Å². The van der Waals surface area contributed by atoms with E-state index in [4.69, 9.17) is 122 Å². The van der Waals surface area contributed by atoms with E-state index in [-0.39, 0.29) is 76.6 Å². The standard InChI is InChI=1S/C43H12B15NOS/c1-11-27(46)19(42-25(28(11)47)26-32(51)34(53)36(55)39(58)43(26)61-42)12-9-14(44)21(15(45)10-12)22-29(48)23-24-31(50)33(52)35(54)38(57)41(24)59(40(23)37(56)30(22)49)16-6-4-8-18-20(16)13-5-2-3-7-17(13)60-18/h2-10H,1H3. The Hall–Kier alpha value is -4.67. The number of fused-ring (bicyclic) bond motifs is 9. The molecule has 2 nitrogen and oxygen atoms in total. The first-order chi connectivity index (χ1) is 29.0. The largest absolute Gasteiger partial charge is 0.456 e. The van der Waals surface area contributed by atoms with E-state index in [1.54, 1.807) is 12.1 Å².